The third-order valence-electron chi connectivity index (χ3n) is 4.29. The van der Waals surface area contributed by atoms with Crippen molar-refractivity contribution in [3.63, 3.8) is 0 Å². The summed E-state index contributed by atoms with van der Waals surface area (Å²) in [6.45, 7) is 2.17. The van der Waals surface area contributed by atoms with Gasteiger partial charge in [0.15, 0.2) is 5.84 Å². The zero-order chi connectivity index (χ0) is 14.8. The first-order chi connectivity index (χ1) is 10.2. The van der Waals surface area contributed by atoms with E-state index in [0.29, 0.717) is 11.3 Å². The van der Waals surface area contributed by atoms with E-state index < -0.39 is 0 Å². The van der Waals surface area contributed by atoms with Crippen LogP contribution in [0.4, 0.5) is 0 Å². The molecule has 2 fully saturated rings. The van der Waals surface area contributed by atoms with E-state index in [9.17, 15) is 0 Å². The lowest BCUT2D eigenvalue weighted by molar-refractivity contribution is 0.243. The smallest absolute Gasteiger partial charge is 0.173 e. The monoisotopic (exact) mass is 289 g/mol. The minimum absolute atomic E-state index is 0.0791. The average Bonchev–Trinajstić information content (AvgIpc) is 3.38. The Morgan fingerprint density at radius 2 is 2.14 bits per heavy atom. The molecule has 1 aromatic carbocycles. The van der Waals surface area contributed by atoms with E-state index in [1.54, 1.807) is 7.11 Å². The highest BCUT2D eigenvalue weighted by atomic mass is 16.5. The Labute approximate surface area is 125 Å². The molecule has 0 radical (unpaired) electrons. The maximum atomic E-state index is 8.81. The molecule has 3 N–H and O–H groups in total. The summed E-state index contributed by atoms with van der Waals surface area (Å²) in [4.78, 5) is 2.59. The molecular weight excluding hydrogens is 266 g/mol. The zero-order valence-corrected chi connectivity index (χ0v) is 12.5. The lowest BCUT2D eigenvalue weighted by Gasteiger charge is -2.22. The summed E-state index contributed by atoms with van der Waals surface area (Å²) in [5.41, 5.74) is 7.51. The maximum Gasteiger partial charge on any atom is 0.173 e. The highest BCUT2D eigenvalue weighted by Gasteiger charge is 2.33. The highest BCUT2D eigenvalue weighted by Crippen LogP contribution is 2.36. The first-order valence-corrected chi connectivity index (χ1v) is 7.60. The van der Waals surface area contributed by atoms with Crippen LogP contribution in [0.15, 0.2) is 23.4 Å². The van der Waals surface area contributed by atoms with Crippen LogP contribution in [-0.4, -0.2) is 35.6 Å². The molecule has 0 heterocycles. The molecule has 2 aliphatic rings. The van der Waals surface area contributed by atoms with Crippen molar-refractivity contribution < 1.29 is 9.94 Å². The second-order valence-electron chi connectivity index (χ2n) is 6.12. The Balaban J connectivity index is 1.74. The van der Waals surface area contributed by atoms with Crippen molar-refractivity contribution in [1.29, 1.82) is 0 Å². The van der Waals surface area contributed by atoms with Crippen LogP contribution >= 0.6 is 0 Å². The Kier molecular flexibility index (Phi) is 4.01. The SMILES string of the molecule is COc1cc(CN(CC2CC2)C2CC2)ccc1/C(N)=N/O. The fourth-order valence-corrected chi connectivity index (χ4v) is 2.75. The van der Waals surface area contributed by atoms with Gasteiger partial charge in [0, 0.05) is 19.1 Å². The summed E-state index contributed by atoms with van der Waals surface area (Å²) >= 11 is 0. The summed E-state index contributed by atoms with van der Waals surface area (Å²) in [5, 5.41) is 11.9. The summed E-state index contributed by atoms with van der Waals surface area (Å²) < 4.78 is 5.37. The normalized spacial score (nSPS) is 19.0. The van der Waals surface area contributed by atoms with Gasteiger partial charge in [0.05, 0.1) is 12.7 Å². The van der Waals surface area contributed by atoms with Crippen molar-refractivity contribution in [2.24, 2.45) is 16.8 Å². The van der Waals surface area contributed by atoms with Crippen molar-refractivity contribution in [1.82, 2.24) is 4.90 Å². The summed E-state index contributed by atoms with van der Waals surface area (Å²) in [6, 6.07) is 6.67. The molecule has 1 aromatic rings. The summed E-state index contributed by atoms with van der Waals surface area (Å²) in [5.74, 6) is 1.64. The maximum absolute atomic E-state index is 8.81. The van der Waals surface area contributed by atoms with Gasteiger partial charge >= 0.3 is 0 Å². The molecule has 5 heteroatoms. The van der Waals surface area contributed by atoms with E-state index in [1.807, 2.05) is 18.2 Å². The first-order valence-electron chi connectivity index (χ1n) is 7.60. The van der Waals surface area contributed by atoms with Crippen LogP contribution in [0.3, 0.4) is 0 Å². The van der Waals surface area contributed by atoms with Crippen LogP contribution in [0.1, 0.15) is 36.8 Å². The average molecular weight is 289 g/mol. The summed E-state index contributed by atoms with van der Waals surface area (Å²) in [7, 11) is 1.61. The van der Waals surface area contributed by atoms with E-state index in [0.717, 1.165) is 18.5 Å². The standard InChI is InChI=1S/C16H23N3O2/c1-21-15-8-12(4-7-14(15)16(17)18-20)10-19(13-5-6-13)9-11-2-3-11/h4,7-8,11,13,20H,2-3,5-6,9-10H2,1H3,(H2,17,18). The van der Waals surface area contributed by atoms with E-state index in [2.05, 4.69) is 10.1 Å². The van der Waals surface area contributed by atoms with E-state index in [-0.39, 0.29) is 5.84 Å². The molecule has 0 aliphatic heterocycles. The number of oxime groups is 1. The van der Waals surface area contributed by atoms with Gasteiger partial charge in [-0.2, -0.15) is 0 Å². The minimum Gasteiger partial charge on any atom is -0.496 e. The second-order valence-corrected chi connectivity index (χ2v) is 6.12. The largest absolute Gasteiger partial charge is 0.496 e. The van der Waals surface area contributed by atoms with Crippen molar-refractivity contribution in [2.45, 2.75) is 38.3 Å². The molecule has 114 valence electrons. The van der Waals surface area contributed by atoms with Crippen LogP contribution < -0.4 is 10.5 Å². The molecule has 21 heavy (non-hydrogen) atoms. The number of methoxy groups -OCH3 is 1. The van der Waals surface area contributed by atoms with Crippen molar-refractivity contribution in [3.05, 3.63) is 29.3 Å². The van der Waals surface area contributed by atoms with Crippen LogP contribution in [0.2, 0.25) is 0 Å². The number of hydrogen-bond acceptors (Lipinski definition) is 4. The van der Waals surface area contributed by atoms with Gasteiger partial charge in [0.1, 0.15) is 5.75 Å². The molecule has 3 rings (SSSR count). The number of ether oxygens (including phenoxy) is 1. The van der Waals surface area contributed by atoms with Gasteiger partial charge in [0.2, 0.25) is 0 Å². The van der Waals surface area contributed by atoms with Gasteiger partial charge < -0.3 is 15.7 Å². The second kappa shape index (κ2) is 5.93. The van der Waals surface area contributed by atoms with Crippen molar-refractivity contribution >= 4 is 5.84 Å². The Bertz CT molecular complexity index is 536. The summed E-state index contributed by atoms with van der Waals surface area (Å²) in [6.07, 6.45) is 5.42. The van der Waals surface area contributed by atoms with Crippen LogP contribution in [-0.2, 0) is 6.54 Å². The zero-order valence-electron chi connectivity index (χ0n) is 12.5. The molecule has 0 saturated heterocycles. The number of nitrogens with zero attached hydrogens (tertiary/aromatic N) is 2. The predicted molar refractivity (Wildman–Crippen MR) is 81.7 cm³/mol. The topological polar surface area (TPSA) is 71.1 Å². The lowest BCUT2D eigenvalue weighted by atomic mass is 10.1. The molecule has 0 atom stereocenters. The molecule has 0 amide bonds. The van der Waals surface area contributed by atoms with Gasteiger partial charge in [0.25, 0.3) is 0 Å². The Morgan fingerprint density at radius 3 is 2.71 bits per heavy atom. The third-order valence-corrected chi connectivity index (χ3v) is 4.29. The predicted octanol–water partition coefficient (Wildman–Crippen LogP) is 2.16. The molecule has 0 bridgehead atoms. The van der Waals surface area contributed by atoms with Crippen LogP contribution in [0.5, 0.6) is 5.75 Å². The number of benzene rings is 1. The molecule has 2 saturated carbocycles. The fraction of sp³-hybridized carbons (Fsp3) is 0.562. The van der Waals surface area contributed by atoms with Crippen LogP contribution in [0, 0.1) is 5.92 Å². The molecule has 5 nitrogen and oxygen atoms in total. The van der Waals surface area contributed by atoms with E-state index in [4.69, 9.17) is 15.7 Å². The lowest BCUT2D eigenvalue weighted by Crippen LogP contribution is -2.27. The van der Waals surface area contributed by atoms with Crippen molar-refractivity contribution in [3.8, 4) is 5.75 Å². The van der Waals surface area contributed by atoms with Crippen molar-refractivity contribution in [2.75, 3.05) is 13.7 Å². The molecule has 0 unspecified atom stereocenters. The van der Waals surface area contributed by atoms with Gasteiger partial charge in [-0.15, -0.1) is 0 Å². The van der Waals surface area contributed by atoms with Gasteiger partial charge in [-0.25, -0.2) is 0 Å². The molecule has 0 aromatic heterocycles. The highest BCUT2D eigenvalue weighted by molar-refractivity contribution is 5.99. The molecule has 0 spiro atoms. The number of nitrogens with two attached hydrogens (primary N) is 1. The Hall–Kier alpha value is -1.75. The number of amidine groups is 1. The van der Waals surface area contributed by atoms with Crippen LogP contribution in [0.25, 0.3) is 0 Å². The molecular formula is C16H23N3O2. The van der Waals surface area contributed by atoms with E-state index in [1.165, 1.54) is 37.8 Å². The van der Waals surface area contributed by atoms with Gasteiger partial charge in [-0.1, -0.05) is 11.2 Å². The minimum atomic E-state index is 0.0791. The first kappa shape index (κ1) is 14.2. The fourth-order valence-electron chi connectivity index (χ4n) is 2.75. The van der Waals surface area contributed by atoms with Gasteiger partial charge in [-0.3, -0.25) is 4.90 Å². The number of rotatable bonds is 7. The Morgan fingerprint density at radius 1 is 1.38 bits per heavy atom. The molecule has 2 aliphatic carbocycles. The number of hydrogen-bond donors (Lipinski definition) is 2. The quantitative estimate of drug-likeness (QED) is 0.349. The van der Waals surface area contributed by atoms with E-state index >= 15 is 0 Å². The third kappa shape index (κ3) is 3.47. The van der Waals surface area contributed by atoms with Gasteiger partial charge in [-0.05, 0) is 49.3 Å².